The largest absolute Gasteiger partial charge is 0.477 e. The Morgan fingerprint density at radius 2 is 1.92 bits per heavy atom. The average Bonchev–Trinajstić information content (AvgIpc) is 2.06. The number of ether oxygens (including phenoxy) is 2. The Balaban J connectivity index is 4.68. The minimum atomic E-state index is -1.49. The molecule has 0 aliphatic heterocycles. The van der Waals surface area contributed by atoms with Crippen molar-refractivity contribution in [3.8, 4) is 0 Å². The molecule has 0 rings (SSSR count). The van der Waals surface area contributed by atoms with Crippen LogP contribution in [0.4, 0.5) is 0 Å². The van der Waals surface area contributed by atoms with Crippen LogP contribution in [0.25, 0.3) is 0 Å². The van der Waals surface area contributed by atoms with Crippen LogP contribution in [0.3, 0.4) is 0 Å². The van der Waals surface area contributed by atoms with Crippen LogP contribution in [0, 0.1) is 5.92 Å². The molecule has 0 fully saturated rings. The van der Waals surface area contributed by atoms with Gasteiger partial charge in [0.2, 0.25) is 0 Å². The van der Waals surface area contributed by atoms with E-state index < -0.39 is 11.8 Å². The minimum Gasteiger partial charge on any atom is -0.477 e. The smallest absolute Gasteiger partial charge is 0.364 e. The number of rotatable bonds is 5. The van der Waals surface area contributed by atoms with E-state index in [1.807, 2.05) is 6.92 Å². The van der Waals surface area contributed by atoms with Crippen molar-refractivity contribution in [2.24, 2.45) is 5.92 Å². The highest BCUT2D eigenvalue weighted by atomic mass is 16.7. The lowest BCUT2D eigenvalue weighted by molar-refractivity contribution is -0.244. The van der Waals surface area contributed by atoms with E-state index >= 15 is 0 Å². The Morgan fingerprint density at radius 3 is 2.00 bits per heavy atom. The highest BCUT2D eigenvalue weighted by Gasteiger charge is 2.43. The normalized spacial score (nSPS) is 14.3. The van der Waals surface area contributed by atoms with Crippen molar-refractivity contribution in [1.29, 1.82) is 0 Å². The van der Waals surface area contributed by atoms with E-state index in [0.29, 0.717) is 6.42 Å². The van der Waals surface area contributed by atoms with Gasteiger partial charge in [0, 0.05) is 20.1 Å². The zero-order valence-corrected chi connectivity index (χ0v) is 7.96. The Kier molecular flexibility index (Phi) is 4.20. The van der Waals surface area contributed by atoms with Crippen molar-refractivity contribution < 1.29 is 19.4 Å². The molecule has 0 aliphatic rings. The summed E-state index contributed by atoms with van der Waals surface area (Å²) in [5.41, 5.74) is 0. The van der Waals surface area contributed by atoms with Crippen LogP contribution in [0.15, 0.2) is 0 Å². The fourth-order valence-electron chi connectivity index (χ4n) is 1.14. The third-order valence-electron chi connectivity index (χ3n) is 2.17. The fraction of sp³-hybridized carbons (Fsp3) is 0.875. The average molecular weight is 176 g/mol. The fourth-order valence-corrected chi connectivity index (χ4v) is 1.14. The lowest BCUT2D eigenvalue weighted by Crippen LogP contribution is -2.48. The molecule has 0 aromatic carbocycles. The molecule has 0 saturated heterocycles. The quantitative estimate of drug-likeness (QED) is 0.637. The maximum absolute atomic E-state index is 10.8. The first-order valence-electron chi connectivity index (χ1n) is 3.88. The predicted molar refractivity (Wildman–Crippen MR) is 43.8 cm³/mol. The first kappa shape index (κ1) is 11.4. The molecule has 1 N–H and O–H groups in total. The highest BCUT2D eigenvalue weighted by Crippen LogP contribution is 2.25. The number of hydrogen-bond acceptors (Lipinski definition) is 3. The minimum absolute atomic E-state index is 0.176. The molecular weight excluding hydrogens is 160 g/mol. The summed E-state index contributed by atoms with van der Waals surface area (Å²) in [4.78, 5) is 10.8. The lowest BCUT2D eigenvalue weighted by atomic mass is 9.98. The molecule has 4 nitrogen and oxygen atoms in total. The SMILES string of the molecule is CCC(C)C(OC)(OC)C(=O)O. The van der Waals surface area contributed by atoms with E-state index in [0.717, 1.165) is 0 Å². The van der Waals surface area contributed by atoms with Crippen molar-refractivity contribution >= 4 is 5.97 Å². The monoisotopic (exact) mass is 176 g/mol. The number of carbonyl (C=O) groups is 1. The molecule has 0 bridgehead atoms. The summed E-state index contributed by atoms with van der Waals surface area (Å²) in [5.74, 6) is -2.75. The molecule has 0 heterocycles. The molecule has 0 aromatic rings. The molecule has 4 heteroatoms. The van der Waals surface area contributed by atoms with Crippen LogP contribution >= 0.6 is 0 Å². The summed E-state index contributed by atoms with van der Waals surface area (Å²) in [6, 6.07) is 0. The summed E-state index contributed by atoms with van der Waals surface area (Å²) in [7, 11) is 2.67. The number of aliphatic carboxylic acids is 1. The van der Waals surface area contributed by atoms with Gasteiger partial charge in [0.25, 0.3) is 5.79 Å². The summed E-state index contributed by atoms with van der Waals surface area (Å²) in [6.45, 7) is 3.67. The first-order valence-corrected chi connectivity index (χ1v) is 3.88. The van der Waals surface area contributed by atoms with E-state index in [2.05, 4.69) is 0 Å². The molecule has 0 spiro atoms. The standard InChI is InChI=1S/C8H16O4/c1-5-6(2)8(11-3,12-4)7(9)10/h6H,5H2,1-4H3,(H,9,10). The topological polar surface area (TPSA) is 55.8 Å². The zero-order chi connectivity index (χ0) is 9.78. The van der Waals surface area contributed by atoms with Gasteiger partial charge >= 0.3 is 5.97 Å². The number of carboxylic acids is 1. The molecule has 12 heavy (non-hydrogen) atoms. The maximum atomic E-state index is 10.8. The van der Waals surface area contributed by atoms with Crippen LogP contribution < -0.4 is 0 Å². The van der Waals surface area contributed by atoms with Crippen LogP contribution in [0.1, 0.15) is 20.3 Å². The van der Waals surface area contributed by atoms with Gasteiger partial charge in [0.1, 0.15) is 0 Å². The summed E-state index contributed by atoms with van der Waals surface area (Å²) in [5, 5.41) is 8.88. The van der Waals surface area contributed by atoms with Gasteiger partial charge in [0.05, 0.1) is 0 Å². The van der Waals surface area contributed by atoms with E-state index in [1.165, 1.54) is 14.2 Å². The van der Waals surface area contributed by atoms with Gasteiger partial charge in [-0.3, -0.25) is 0 Å². The molecule has 0 aromatic heterocycles. The van der Waals surface area contributed by atoms with Crippen molar-refractivity contribution in [2.75, 3.05) is 14.2 Å². The molecule has 1 atom stereocenters. The molecule has 72 valence electrons. The molecule has 0 saturated carbocycles. The lowest BCUT2D eigenvalue weighted by Gasteiger charge is -2.31. The van der Waals surface area contributed by atoms with Crippen molar-refractivity contribution in [1.82, 2.24) is 0 Å². The van der Waals surface area contributed by atoms with E-state index in [-0.39, 0.29) is 5.92 Å². The van der Waals surface area contributed by atoms with Crippen molar-refractivity contribution in [3.05, 3.63) is 0 Å². The second-order valence-electron chi connectivity index (χ2n) is 2.69. The van der Waals surface area contributed by atoms with Gasteiger partial charge in [0.15, 0.2) is 0 Å². The predicted octanol–water partition coefficient (Wildman–Crippen LogP) is 1.11. The molecule has 0 aliphatic carbocycles. The first-order chi connectivity index (χ1) is 5.55. The number of hydrogen-bond donors (Lipinski definition) is 1. The van der Waals surface area contributed by atoms with Gasteiger partial charge in [-0.25, -0.2) is 4.79 Å². The summed E-state index contributed by atoms with van der Waals surface area (Å²) >= 11 is 0. The van der Waals surface area contributed by atoms with Crippen LogP contribution in [-0.4, -0.2) is 31.1 Å². The third kappa shape index (κ3) is 1.76. The highest BCUT2D eigenvalue weighted by molar-refractivity contribution is 5.76. The van der Waals surface area contributed by atoms with Crippen molar-refractivity contribution in [2.45, 2.75) is 26.1 Å². The summed E-state index contributed by atoms with van der Waals surface area (Å²) < 4.78 is 9.76. The molecule has 0 amide bonds. The Labute approximate surface area is 72.5 Å². The summed E-state index contributed by atoms with van der Waals surface area (Å²) in [6.07, 6.45) is 0.688. The Morgan fingerprint density at radius 1 is 1.50 bits per heavy atom. The molecule has 1 unspecified atom stereocenters. The Bertz CT molecular complexity index is 151. The van der Waals surface area contributed by atoms with Gasteiger partial charge in [-0.05, 0) is 6.42 Å². The molecule has 0 radical (unpaired) electrons. The number of carboxylic acid groups (broad SMARTS) is 1. The van der Waals surface area contributed by atoms with Crippen LogP contribution in [0.2, 0.25) is 0 Å². The van der Waals surface area contributed by atoms with E-state index in [1.54, 1.807) is 6.92 Å². The van der Waals surface area contributed by atoms with Gasteiger partial charge < -0.3 is 14.6 Å². The van der Waals surface area contributed by atoms with Crippen LogP contribution in [0.5, 0.6) is 0 Å². The van der Waals surface area contributed by atoms with E-state index in [9.17, 15) is 4.79 Å². The van der Waals surface area contributed by atoms with Gasteiger partial charge in [-0.1, -0.05) is 13.8 Å². The second-order valence-corrected chi connectivity index (χ2v) is 2.69. The zero-order valence-electron chi connectivity index (χ0n) is 7.96. The van der Waals surface area contributed by atoms with E-state index in [4.69, 9.17) is 14.6 Å². The second kappa shape index (κ2) is 4.42. The maximum Gasteiger partial charge on any atom is 0.364 e. The third-order valence-corrected chi connectivity index (χ3v) is 2.17. The van der Waals surface area contributed by atoms with Crippen LogP contribution in [-0.2, 0) is 14.3 Å². The Hall–Kier alpha value is -0.610. The van der Waals surface area contributed by atoms with Crippen molar-refractivity contribution in [3.63, 3.8) is 0 Å². The van der Waals surface area contributed by atoms with Gasteiger partial charge in [-0.15, -0.1) is 0 Å². The number of methoxy groups -OCH3 is 2. The molecular formula is C8H16O4. The van der Waals surface area contributed by atoms with Gasteiger partial charge in [-0.2, -0.15) is 0 Å².